The number of aromatic amines is 1. The Labute approximate surface area is 241 Å². The summed E-state index contributed by atoms with van der Waals surface area (Å²) in [7, 11) is 1.70. The number of urea groups is 1. The zero-order valence-corrected chi connectivity index (χ0v) is 24.8. The SMILES string of the molecule is COC1CCN(C(=O)N2CCc3cc(-c4cnc5[nH]cc(C)c5c4)cc(C4(C(C)(C)C)CCCN4C(=O)O)c3C2)C1. The number of amides is 3. The minimum atomic E-state index is -0.894. The molecule has 2 fully saturated rings. The summed E-state index contributed by atoms with van der Waals surface area (Å²) in [5.74, 6) is 0. The number of methoxy groups -OCH3 is 1. The Morgan fingerprint density at radius 2 is 1.93 bits per heavy atom. The highest BCUT2D eigenvalue weighted by Gasteiger charge is 2.54. The number of H-pyrrole nitrogens is 1. The van der Waals surface area contributed by atoms with E-state index in [0.29, 0.717) is 32.7 Å². The van der Waals surface area contributed by atoms with E-state index in [1.165, 1.54) is 5.56 Å². The van der Waals surface area contributed by atoms with Gasteiger partial charge in [0, 0.05) is 63.2 Å². The molecule has 2 saturated heterocycles. The summed E-state index contributed by atoms with van der Waals surface area (Å²) in [5.41, 5.74) is 6.24. The zero-order chi connectivity index (χ0) is 29.1. The number of fused-ring (bicyclic) bond motifs is 2. The van der Waals surface area contributed by atoms with Crippen molar-refractivity contribution >= 4 is 23.2 Å². The van der Waals surface area contributed by atoms with E-state index in [2.05, 4.69) is 50.9 Å². The molecule has 0 aliphatic carbocycles. The van der Waals surface area contributed by atoms with E-state index in [-0.39, 0.29) is 17.6 Å². The predicted molar refractivity (Wildman–Crippen MR) is 158 cm³/mol. The van der Waals surface area contributed by atoms with Crippen molar-refractivity contribution in [3.63, 3.8) is 0 Å². The molecule has 0 saturated carbocycles. The second kappa shape index (κ2) is 10.0. The predicted octanol–water partition coefficient (Wildman–Crippen LogP) is 5.75. The van der Waals surface area contributed by atoms with Crippen molar-refractivity contribution in [3.8, 4) is 11.1 Å². The molecule has 0 spiro atoms. The van der Waals surface area contributed by atoms with Crippen LogP contribution in [0.15, 0.2) is 30.6 Å². The highest BCUT2D eigenvalue weighted by atomic mass is 16.5. The van der Waals surface area contributed by atoms with Crippen molar-refractivity contribution < 1.29 is 19.4 Å². The van der Waals surface area contributed by atoms with Gasteiger partial charge in [-0.3, -0.25) is 4.90 Å². The number of rotatable bonds is 3. The van der Waals surface area contributed by atoms with Crippen molar-refractivity contribution in [2.24, 2.45) is 5.41 Å². The quantitative estimate of drug-likeness (QED) is 0.425. The largest absolute Gasteiger partial charge is 0.465 e. The summed E-state index contributed by atoms with van der Waals surface area (Å²) in [4.78, 5) is 39.8. The van der Waals surface area contributed by atoms with Gasteiger partial charge < -0.3 is 24.6 Å². The third-order valence-electron chi connectivity index (χ3n) is 9.73. The van der Waals surface area contributed by atoms with Crippen LogP contribution in [-0.2, 0) is 23.2 Å². The molecule has 6 rings (SSSR count). The smallest absolute Gasteiger partial charge is 0.408 e. The number of benzene rings is 1. The van der Waals surface area contributed by atoms with Crippen molar-refractivity contribution in [1.29, 1.82) is 0 Å². The van der Waals surface area contributed by atoms with Crippen LogP contribution in [-0.4, -0.2) is 81.3 Å². The third-order valence-corrected chi connectivity index (χ3v) is 9.73. The lowest BCUT2D eigenvalue weighted by Gasteiger charge is -2.49. The van der Waals surface area contributed by atoms with Gasteiger partial charge in [0.15, 0.2) is 0 Å². The number of hydrogen-bond acceptors (Lipinski definition) is 4. The molecule has 1 aromatic carbocycles. The maximum atomic E-state index is 13.7. The first kappa shape index (κ1) is 27.6. The number of carboxylic acid groups (broad SMARTS) is 1. The number of nitrogens with zero attached hydrogens (tertiary/aromatic N) is 4. The van der Waals surface area contributed by atoms with Crippen molar-refractivity contribution in [1.82, 2.24) is 24.7 Å². The first-order chi connectivity index (χ1) is 19.5. The monoisotopic (exact) mass is 559 g/mol. The Morgan fingerprint density at radius 3 is 2.63 bits per heavy atom. The molecule has 9 heteroatoms. The fraction of sp³-hybridized carbons (Fsp3) is 0.531. The number of likely N-dealkylation sites (tertiary alicyclic amines) is 2. The zero-order valence-electron chi connectivity index (χ0n) is 24.8. The Kier molecular flexibility index (Phi) is 6.76. The number of aryl methyl sites for hydroxylation is 1. The molecule has 41 heavy (non-hydrogen) atoms. The van der Waals surface area contributed by atoms with Gasteiger partial charge in [-0.2, -0.15) is 0 Å². The lowest BCUT2D eigenvalue weighted by atomic mass is 9.65. The summed E-state index contributed by atoms with van der Waals surface area (Å²) in [6.45, 7) is 11.4. The molecule has 3 aromatic rings. The Hall–Kier alpha value is -3.59. The number of carbonyl (C=O) groups excluding carboxylic acids is 1. The number of hydrogen-bond donors (Lipinski definition) is 2. The summed E-state index contributed by atoms with van der Waals surface area (Å²) < 4.78 is 5.51. The van der Waals surface area contributed by atoms with Crippen LogP contribution in [0.1, 0.15) is 62.3 Å². The maximum Gasteiger partial charge on any atom is 0.408 e. The van der Waals surface area contributed by atoms with Crippen LogP contribution >= 0.6 is 0 Å². The normalized spacial score (nSPS) is 23.0. The van der Waals surface area contributed by atoms with Gasteiger partial charge in [0.2, 0.25) is 0 Å². The highest BCUT2D eigenvalue weighted by molar-refractivity contribution is 5.85. The van der Waals surface area contributed by atoms with Crippen LogP contribution < -0.4 is 0 Å². The summed E-state index contributed by atoms with van der Waals surface area (Å²) in [6, 6.07) is 6.64. The molecular formula is C32H41N5O4. The lowest BCUT2D eigenvalue weighted by Crippen LogP contribution is -2.54. The number of carbonyl (C=O) groups is 2. The van der Waals surface area contributed by atoms with Crippen molar-refractivity contribution in [2.45, 2.75) is 71.6 Å². The second-order valence-corrected chi connectivity index (χ2v) is 12.9. The van der Waals surface area contributed by atoms with E-state index in [1.807, 2.05) is 22.2 Å². The molecule has 2 N–H and O–H groups in total. The van der Waals surface area contributed by atoms with E-state index in [1.54, 1.807) is 12.0 Å². The van der Waals surface area contributed by atoms with Crippen molar-refractivity contribution in [3.05, 3.63) is 52.8 Å². The maximum absolute atomic E-state index is 13.7. The molecule has 2 atom stereocenters. The molecule has 5 heterocycles. The molecule has 2 unspecified atom stereocenters. The average molecular weight is 560 g/mol. The molecule has 2 aromatic heterocycles. The Morgan fingerprint density at radius 1 is 1.12 bits per heavy atom. The Balaban J connectivity index is 1.50. The minimum absolute atomic E-state index is 0.0362. The van der Waals surface area contributed by atoms with Gasteiger partial charge in [-0.15, -0.1) is 0 Å². The van der Waals surface area contributed by atoms with Crippen LogP contribution in [0.25, 0.3) is 22.2 Å². The van der Waals surface area contributed by atoms with Gasteiger partial charge >= 0.3 is 12.1 Å². The molecule has 3 aliphatic heterocycles. The van der Waals surface area contributed by atoms with Gasteiger partial charge in [0.25, 0.3) is 0 Å². The second-order valence-electron chi connectivity index (χ2n) is 12.9. The van der Waals surface area contributed by atoms with E-state index in [9.17, 15) is 14.7 Å². The van der Waals surface area contributed by atoms with Gasteiger partial charge in [-0.25, -0.2) is 14.6 Å². The Bertz CT molecular complexity index is 1510. The molecular weight excluding hydrogens is 518 g/mol. The van der Waals surface area contributed by atoms with E-state index >= 15 is 0 Å². The van der Waals surface area contributed by atoms with Gasteiger partial charge in [0.05, 0.1) is 11.6 Å². The lowest BCUT2D eigenvalue weighted by molar-refractivity contribution is 0.0263. The standard InChI is InChI=1S/C32H41N5O4/c1-20-16-33-28-25(20)14-23(17-34-28)22-13-21-7-11-36(29(38)35-12-8-24(18-35)41-5)19-26(21)27(15-22)32(31(2,3)4)9-6-10-37(32)30(39)40/h13-17,24H,6-12,18-19H2,1-5H3,(H,33,34)(H,39,40). The fourth-order valence-corrected chi connectivity index (χ4v) is 7.49. The first-order valence-electron chi connectivity index (χ1n) is 14.7. The molecule has 0 radical (unpaired) electrons. The van der Waals surface area contributed by atoms with Crippen LogP contribution in [0.2, 0.25) is 0 Å². The van der Waals surface area contributed by atoms with Crippen LogP contribution in [0.5, 0.6) is 0 Å². The van der Waals surface area contributed by atoms with E-state index < -0.39 is 11.6 Å². The molecule has 3 aliphatic rings. The molecule has 0 bridgehead atoms. The van der Waals surface area contributed by atoms with Crippen LogP contribution in [0, 0.1) is 12.3 Å². The number of nitrogens with one attached hydrogen (secondary N) is 1. The summed E-state index contributed by atoms with van der Waals surface area (Å²) in [5, 5.41) is 11.5. The third kappa shape index (κ3) is 4.45. The topological polar surface area (TPSA) is 102 Å². The number of aromatic nitrogens is 2. The fourth-order valence-electron chi connectivity index (χ4n) is 7.49. The molecule has 218 valence electrons. The number of pyridine rings is 1. The van der Waals surface area contributed by atoms with Crippen molar-refractivity contribution in [2.75, 3.05) is 33.3 Å². The van der Waals surface area contributed by atoms with Gasteiger partial charge in [-0.1, -0.05) is 26.8 Å². The van der Waals surface area contributed by atoms with Gasteiger partial charge in [0.1, 0.15) is 5.65 Å². The number of ether oxygens (including phenoxy) is 1. The average Bonchev–Trinajstić information content (AvgIpc) is 3.70. The highest BCUT2D eigenvalue weighted by Crippen LogP contribution is 2.54. The summed E-state index contributed by atoms with van der Waals surface area (Å²) in [6.07, 6.45) is 6.16. The summed E-state index contributed by atoms with van der Waals surface area (Å²) >= 11 is 0. The molecule has 3 amide bonds. The van der Waals surface area contributed by atoms with Crippen LogP contribution in [0.4, 0.5) is 9.59 Å². The van der Waals surface area contributed by atoms with Crippen LogP contribution in [0.3, 0.4) is 0 Å². The van der Waals surface area contributed by atoms with E-state index in [4.69, 9.17) is 9.72 Å². The molecule has 9 nitrogen and oxygen atoms in total. The van der Waals surface area contributed by atoms with E-state index in [0.717, 1.165) is 64.5 Å². The van der Waals surface area contributed by atoms with Gasteiger partial charge in [-0.05, 0) is 78.0 Å². The first-order valence-corrected chi connectivity index (χ1v) is 14.7. The minimum Gasteiger partial charge on any atom is -0.465 e.